The van der Waals surface area contributed by atoms with Crippen LogP contribution in [0, 0.1) is 6.92 Å². The zero-order chi connectivity index (χ0) is 11.3. The molecule has 1 rings (SSSR count). The van der Waals surface area contributed by atoms with Crippen molar-refractivity contribution in [1.29, 1.82) is 0 Å². The van der Waals surface area contributed by atoms with Crippen LogP contribution in [-0.2, 0) is 4.74 Å². The van der Waals surface area contributed by atoms with Gasteiger partial charge in [-0.15, -0.1) is 11.6 Å². The lowest BCUT2D eigenvalue weighted by molar-refractivity contribution is 0.0905. The molecule has 0 fully saturated rings. The Morgan fingerprint density at radius 2 is 2.53 bits per heavy atom. The van der Waals surface area contributed by atoms with Crippen LogP contribution in [0.5, 0.6) is 0 Å². The van der Waals surface area contributed by atoms with Crippen molar-refractivity contribution in [2.45, 2.75) is 13.0 Å². The maximum atomic E-state index is 11.6. The van der Waals surface area contributed by atoms with E-state index in [9.17, 15) is 4.79 Å². The Labute approximate surface area is 92.7 Å². The molecule has 0 aliphatic heterocycles. The Bertz CT molecular complexity index is 327. The highest BCUT2D eigenvalue weighted by Crippen LogP contribution is 2.06. The fourth-order valence-electron chi connectivity index (χ4n) is 1.11. The SMILES string of the molecule is COCC(CCl)NC(=O)c1cnoc1C. The summed E-state index contributed by atoms with van der Waals surface area (Å²) in [5.41, 5.74) is 0.418. The molecule has 0 saturated carbocycles. The van der Waals surface area contributed by atoms with Gasteiger partial charge in [0.2, 0.25) is 0 Å². The van der Waals surface area contributed by atoms with Gasteiger partial charge in [-0.3, -0.25) is 4.79 Å². The molecule has 15 heavy (non-hydrogen) atoms. The molecule has 1 heterocycles. The minimum atomic E-state index is -0.253. The van der Waals surface area contributed by atoms with Crippen LogP contribution in [0.25, 0.3) is 0 Å². The van der Waals surface area contributed by atoms with Gasteiger partial charge in [-0.1, -0.05) is 5.16 Å². The summed E-state index contributed by atoms with van der Waals surface area (Å²) in [7, 11) is 1.55. The van der Waals surface area contributed by atoms with Crippen LogP contribution in [0.2, 0.25) is 0 Å². The third-order valence-corrected chi connectivity index (χ3v) is 2.26. The molecule has 1 unspecified atom stereocenters. The first-order valence-electron chi connectivity index (χ1n) is 4.46. The number of carbonyl (C=O) groups is 1. The number of amides is 1. The lowest BCUT2D eigenvalue weighted by Crippen LogP contribution is -2.39. The summed E-state index contributed by atoms with van der Waals surface area (Å²) in [6.45, 7) is 2.05. The van der Waals surface area contributed by atoms with E-state index in [4.69, 9.17) is 20.9 Å². The molecule has 1 aromatic rings. The van der Waals surface area contributed by atoms with Gasteiger partial charge in [0.25, 0.3) is 5.91 Å². The highest BCUT2D eigenvalue weighted by atomic mass is 35.5. The van der Waals surface area contributed by atoms with Crippen LogP contribution >= 0.6 is 11.6 Å². The molecule has 0 spiro atoms. The molecule has 1 N–H and O–H groups in total. The van der Waals surface area contributed by atoms with Crippen LogP contribution in [-0.4, -0.2) is 36.7 Å². The lowest BCUT2D eigenvalue weighted by atomic mass is 10.2. The summed E-state index contributed by atoms with van der Waals surface area (Å²) in [5, 5.41) is 6.24. The van der Waals surface area contributed by atoms with Crippen molar-refractivity contribution in [3.63, 3.8) is 0 Å². The molecule has 5 nitrogen and oxygen atoms in total. The van der Waals surface area contributed by atoms with Gasteiger partial charge >= 0.3 is 0 Å². The number of nitrogens with one attached hydrogen (secondary N) is 1. The number of halogens is 1. The Morgan fingerprint density at radius 3 is 3.00 bits per heavy atom. The molecule has 84 valence electrons. The number of ether oxygens (including phenoxy) is 1. The minimum Gasteiger partial charge on any atom is -0.383 e. The fourth-order valence-corrected chi connectivity index (χ4v) is 1.27. The first-order valence-corrected chi connectivity index (χ1v) is 4.99. The number of methoxy groups -OCH3 is 1. The Morgan fingerprint density at radius 1 is 1.80 bits per heavy atom. The van der Waals surface area contributed by atoms with Crippen molar-refractivity contribution in [2.75, 3.05) is 19.6 Å². The Hall–Kier alpha value is -1.07. The van der Waals surface area contributed by atoms with Gasteiger partial charge in [-0.25, -0.2) is 0 Å². The monoisotopic (exact) mass is 232 g/mol. The van der Waals surface area contributed by atoms with Crippen LogP contribution < -0.4 is 5.32 Å². The Kier molecular flexibility index (Phi) is 4.58. The number of hydrogen-bond acceptors (Lipinski definition) is 4. The molecule has 0 bridgehead atoms. The van der Waals surface area contributed by atoms with Crippen LogP contribution in [0.3, 0.4) is 0 Å². The zero-order valence-electron chi connectivity index (χ0n) is 8.62. The summed E-state index contributed by atoms with van der Waals surface area (Å²) in [6.07, 6.45) is 1.38. The van der Waals surface area contributed by atoms with Gasteiger partial charge in [0, 0.05) is 13.0 Å². The molecule has 0 aromatic carbocycles. The van der Waals surface area contributed by atoms with Gasteiger partial charge in [0.1, 0.15) is 11.3 Å². The number of nitrogens with zero attached hydrogens (tertiary/aromatic N) is 1. The highest BCUT2D eigenvalue weighted by molar-refractivity contribution is 6.18. The molecule has 1 amide bonds. The van der Waals surface area contributed by atoms with Crippen LogP contribution in [0.15, 0.2) is 10.7 Å². The molecule has 0 aliphatic rings. The van der Waals surface area contributed by atoms with E-state index in [1.807, 2.05) is 0 Å². The number of alkyl halides is 1. The van der Waals surface area contributed by atoms with E-state index in [0.717, 1.165) is 0 Å². The number of rotatable bonds is 5. The maximum Gasteiger partial charge on any atom is 0.256 e. The molecule has 0 radical (unpaired) electrons. The third-order valence-electron chi connectivity index (χ3n) is 1.88. The first-order chi connectivity index (χ1) is 7.19. The standard InChI is InChI=1S/C9H13ClN2O3/c1-6-8(4-11-15-6)9(13)12-7(3-10)5-14-2/h4,7H,3,5H2,1-2H3,(H,12,13). The van der Waals surface area contributed by atoms with Gasteiger partial charge in [-0.05, 0) is 6.92 Å². The number of aromatic nitrogens is 1. The number of hydrogen-bond donors (Lipinski definition) is 1. The Balaban J connectivity index is 2.58. The van der Waals surface area contributed by atoms with Gasteiger partial charge in [-0.2, -0.15) is 0 Å². The summed E-state index contributed by atoms with van der Waals surface area (Å²) in [5.74, 6) is 0.527. The van der Waals surface area contributed by atoms with Crippen molar-refractivity contribution in [3.05, 3.63) is 17.5 Å². The van der Waals surface area contributed by atoms with Crippen LogP contribution in [0.4, 0.5) is 0 Å². The lowest BCUT2D eigenvalue weighted by Gasteiger charge is -2.14. The molecular weight excluding hydrogens is 220 g/mol. The van der Waals surface area contributed by atoms with E-state index in [-0.39, 0.29) is 11.9 Å². The van der Waals surface area contributed by atoms with E-state index in [2.05, 4.69) is 10.5 Å². The molecule has 0 saturated heterocycles. The molecular formula is C9H13ClN2O3. The largest absolute Gasteiger partial charge is 0.383 e. The van der Waals surface area contributed by atoms with E-state index < -0.39 is 0 Å². The maximum absolute atomic E-state index is 11.6. The summed E-state index contributed by atoms with van der Waals surface area (Å²) in [6, 6.07) is -0.210. The topological polar surface area (TPSA) is 64.4 Å². The quantitative estimate of drug-likeness (QED) is 0.769. The van der Waals surface area contributed by atoms with Gasteiger partial charge < -0.3 is 14.6 Å². The van der Waals surface area contributed by atoms with Crippen molar-refractivity contribution in [2.24, 2.45) is 0 Å². The fraction of sp³-hybridized carbons (Fsp3) is 0.556. The molecule has 0 aliphatic carbocycles. The van der Waals surface area contributed by atoms with Gasteiger partial charge in [0.05, 0.1) is 18.8 Å². The third kappa shape index (κ3) is 3.21. The highest BCUT2D eigenvalue weighted by Gasteiger charge is 2.16. The molecule has 1 aromatic heterocycles. The van der Waals surface area contributed by atoms with E-state index in [1.165, 1.54) is 6.20 Å². The molecule has 1 atom stereocenters. The minimum absolute atomic E-state index is 0.210. The number of carbonyl (C=O) groups excluding carboxylic acids is 1. The average molecular weight is 233 g/mol. The predicted octanol–water partition coefficient (Wildman–Crippen LogP) is 0.967. The van der Waals surface area contributed by atoms with Crippen molar-refractivity contribution >= 4 is 17.5 Å². The average Bonchev–Trinajstić information content (AvgIpc) is 2.63. The second-order valence-electron chi connectivity index (χ2n) is 3.08. The zero-order valence-corrected chi connectivity index (χ0v) is 9.37. The van der Waals surface area contributed by atoms with Crippen LogP contribution in [0.1, 0.15) is 16.1 Å². The number of aryl methyl sites for hydroxylation is 1. The van der Waals surface area contributed by atoms with E-state index in [1.54, 1.807) is 14.0 Å². The smallest absolute Gasteiger partial charge is 0.256 e. The summed E-state index contributed by atoms with van der Waals surface area (Å²) in [4.78, 5) is 11.6. The summed E-state index contributed by atoms with van der Waals surface area (Å²) >= 11 is 5.66. The van der Waals surface area contributed by atoms with E-state index >= 15 is 0 Å². The molecule has 6 heteroatoms. The summed E-state index contributed by atoms with van der Waals surface area (Å²) < 4.78 is 9.69. The van der Waals surface area contributed by atoms with Crippen molar-refractivity contribution < 1.29 is 14.1 Å². The van der Waals surface area contributed by atoms with Gasteiger partial charge in [0.15, 0.2) is 0 Å². The van der Waals surface area contributed by atoms with E-state index in [0.29, 0.717) is 23.8 Å². The predicted molar refractivity (Wildman–Crippen MR) is 55.1 cm³/mol. The first kappa shape index (κ1) is 12.0. The second-order valence-corrected chi connectivity index (χ2v) is 3.38. The van der Waals surface area contributed by atoms with Crippen molar-refractivity contribution in [1.82, 2.24) is 10.5 Å². The normalized spacial score (nSPS) is 12.5. The second kappa shape index (κ2) is 5.72. The van der Waals surface area contributed by atoms with Crippen molar-refractivity contribution in [3.8, 4) is 0 Å².